The van der Waals surface area contributed by atoms with Crippen molar-refractivity contribution < 1.29 is 19.1 Å². The molecular weight excluding hydrogens is 348 g/mol. The average molecular weight is 389 g/mol. The number of ether oxygens (including phenoxy) is 2. The molecular formula is C19H40N4O4. The lowest BCUT2D eigenvalue weighted by atomic mass is 9.91. The number of carbonyl (C=O) groups is 2. The molecule has 0 aliphatic heterocycles. The lowest BCUT2D eigenvalue weighted by Gasteiger charge is -2.17. The van der Waals surface area contributed by atoms with E-state index in [1.54, 1.807) is 0 Å². The molecule has 4 amide bonds. The molecule has 0 fully saturated rings. The first kappa shape index (κ1) is 25.5. The predicted octanol–water partition coefficient (Wildman–Crippen LogP) is 2.24. The first-order chi connectivity index (χ1) is 12.8. The molecule has 160 valence electrons. The highest BCUT2D eigenvalue weighted by atomic mass is 16.5. The monoisotopic (exact) mass is 388 g/mol. The van der Waals surface area contributed by atoms with Gasteiger partial charge in [0.2, 0.25) is 0 Å². The van der Waals surface area contributed by atoms with Crippen LogP contribution < -0.4 is 21.3 Å². The molecule has 0 aliphatic rings. The predicted molar refractivity (Wildman–Crippen MR) is 108 cm³/mol. The molecule has 4 N–H and O–H groups in total. The number of unbranched alkanes of at least 4 members (excludes halogenated alkanes) is 1. The standard InChI is InChI=1S/C19H40N4O4/c1-5-6-9-20-17(24)22-11-13-26-15-16-27-14-12-23-18(25)21-10-7-8-19(2,3)4/h5-16H2,1-4H3,(H2,20,22,24)(H2,21,23,25). The highest BCUT2D eigenvalue weighted by Gasteiger charge is 2.09. The molecule has 0 aromatic heterocycles. The van der Waals surface area contributed by atoms with E-state index in [0.29, 0.717) is 58.0 Å². The van der Waals surface area contributed by atoms with Gasteiger partial charge in [0.25, 0.3) is 0 Å². The van der Waals surface area contributed by atoms with Gasteiger partial charge in [-0.15, -0.1) is 0 Å². The van der Waals surface area contributed by atoms with Crippen LogP contribution in [0.1, 0.15) is 53.4 Å². The van der Waals surface area contributed by atoms with Crippen LogP contribution in [0.15, 0.2) is 0 Å². The van der Waals surface area contributed by atoms with E-state index in [1.807, 2.05) is 0 Å². The quantitative estimate of drug-likeness (QED) is 0.323. The Morgan fingerprint density at radius 1 is 0.704 bits per heavy atom. The maximum absolute atomic E-state index is 11.6. The molecule has 8 heteroatoms. The molecule has 0 spiro atoms. The van der Waals surface area contributed by atoms with Gasteiger partial charge in [0, 0.05) is 26.2 Å². The van der Waals surface area contributed by atoms with Crippen LogP contribution in [0.4, 0.5) is 9.59 Å². The molecule has 0 aromatic carbocycles. The third-order valence-corrected chi connectivity index (χ3v) is 3.64. The van der Waals surface area contributed by atoms with Gasteiger partial charge in [-0.3, -0.25) is 0 Å². The lowest BCUT2D eigenvalue weighted by Crippen LogP contribution is -2.38. The fraction of sp³-hybridized carbons (Fsp3) is 0.895. The van der Waals surface area contributed by atoms with E-state index in [1.165, 1.54) is 0 Å². The van der Waals surface area contributed by atoms with Crippen LogP contribution in [0.3, 0.4) is 0 Å². The maximum Gasteiger partial charge on any atom is 0.314 e. The zero-order chi connectivity index (χ0) is 20.4. The van der Waals surface area contributed by atoms with Crippen molar-refractivity contribution in [3.63, 3.8) is 0 Å². The SMILES string of the molecule is CCCCNC(=O)NCCOCCOCCNC(=O)NCCCC(C)(C)C. The van der Waals surface area contributed by atoms with E-state index in [2.05, 4.69) is 49.0 Å². The van der Waals surface area contributed by atoms with E-state index in [9.17, 15) is 9.59 Å². The molecule has 0 heterocycles. The Hall–Kier alpha value is -1.54. The number of rotatable bonds is 15. The minimum Gasteiger partial charge on any atom is -0.377 e. The van der Waals surface area contributed by atoms with E-state index in [-0.39, 0.29) is 12.1 Å². The zero-order valence-electron chi connectivity index (χ0n) is 17.6. The molecule has 27 heavy (non-hydrogen) atoms. The van der Waals surface area contributed by atoms with Gasteiger partial charge in [0.1, 0.15) is 0 Å². The minimum atomic E-state index is -0.161. The van der Waals surface area contributed by atoms with Crippen LogP contribution in [0.25, 0.3) is 0 Å². The van der Waals surface area contributed by atoms with Crippen molar-refractivity contribution in [2.45, 2.75) is 53.4 Å². The van der Waals surface area contributed by atoms with Crippen molar-refractivity contribution in [2.24, 2.45) is 5.41 Å². The van der Waals surface area contributed by atoms with E-state index in [4.69, 9.17) is 9.47 Å². The summed E-state index contributed by atoms with van der Waals surface area (Å²) < 4.78 is 10.7. The second kappa shape index (κ2) is 16.6. The molecule has 0 rings (SSSR count). The number of hydrogen-bond acceptors (Lipinski definition) is 4. The fourth-order valence-electron chi connectivity index (χ4n) is 2.12. The van der Waals surface area contributed by atoms with Crippen LogP contribution in [0.2, 0.25) is 0 Å². The van der Waals surface area contributed by atoms with E-state index < -0.39 is 0 Å². The summed E-state index contributed by atoms with van der Waals surface area (Å²) in [7, 11) is 0. The van der Waals surface area contributed by atoms with Gasteiger partial charge in [-0.25, -0.2) is 9.59 Å². The Morgan fingerprint density at radius 2 is 1.15 bits per heavy atom. The highest BCUT2D eigenvalue weighted by Crippen LogP contribution is 2.19. The third kappa shape index (κ3) is 20.6. The first-order valence-corrected chi connectivity index (χ1v) is 10.0. The maximum atomic E-state index is 11.6. The number of nitrogens with one attached hydrogen (secondary N) is 4. The van der Waals surface area contributed by atoms with Gasteiger partial charge >= 0.3 is 12.1 Å². The minimum absolute atomic E-state index is 0.160. The second-order valence-electron chi connectivity index (χ2n) is 7.61. The summed E-state index contributed by atoms with van der Waals surface area (Å²) in [6, 6.07) is -0.321. The fourth-order valence-corrected chi connectivity index (χ4v) is 2.12. The van der Waals surface area contributed by atoms with Gasteiger partial charge in [0.15, 0.2) is 0 Å². The topological polar surface area (TPSA) is 101 Å². The Bertz CT molecular complexity index is 386. The summed E-state index contributed by atoms with van der Waals surface area (Å²) in [6.07, 6.45) is 4.09. The molecule has 0 saturated heterocycles. The Morgan fingerprint density at radius 3 is 1.59 bits per heavy atom. The lowest BCUT2D eigenvalue weighted by molar-refractivity contribution is 0.0510. The van der Waals surface area contributed by atoms with Crippen LogP contribution in [-0.4, -0.2) is 64.7 Å². The van der Waals surface area contributed by atoms with Gasteiger partial charge in [-0.1, -0.05) is 34.1 Å². The van der Waals surface area contributed by atoms with Crippen molar-refractivity contribution in [1.82, 2.24) is 21.3 Å². The summed E-state index contributed by atoms with van der Waals surface area (Å²) in [4.78, 5) is 22.9. The number of hydrogen-bond donors (Lipinski definition) is 4. The van der Waals surface area contributed by atoms with Gasteiger partial charge in [-0.2, -0.15) is 0 Å². The van der Waals surface area contributed by atoms with Gasteiger partial charge < -0.3 is 30.7 Å². The molecule has 0 radical (unpaired) electrons. The van der Waals surface area contributed by atoms with Crippen molar-refractivity contribution in [2.75, 3.05) is 52.6 Å². The highest BCUT2D eigenvalue weighted by molar-refractivity contribution is 5.74. The second-order valence-corrected chi connectivity index (χ2v) is 7.61. The van der Waals surface area contributed by atoms with Crippen molar-refractivity contribution in [3.05, 3.63) is 0 Å². The van der Waals surface area contributed by atoms with Crippen molar-refractivity contribution in [1.29, 1.82) is 0 Å². The smallest absolute Gasteiger partial charge is 0.314 e. The number of carbonyl (C=O) groups excluding carboxylic acids is 2. The summed E-state index contributed by atoms with van der Waals surface area (Å²) in [5.74, 6) is 0. The average Bonchev–Trinajstić information content (AvgIpc) is 2.59. The third-order valence-electron chi connectivity index (χ3n) is 3.64. The number of urea groups is 2. The number of amides is 4. The van der Waals surface area contributed by atoms with Crippen LogP contribution in [0, 0.1) is 5.41 Å². The molecule has 8 nitrogen and oxygen atoms in total. The van der Waals surface area contributed by atoms with E-state index >= 15 is 0 Å². The zero-order valence-corrected chi connectivity index (χ0v) is 17.6. The summed E-state index contributed by atoms with van der Waals surface area (Å²) >= 11 is 0. The Balaban J connectivity index is 3.28. The molecule has 0 aromatic rings. The molecule has 0 saturated carbocycles. The molecule has 0 bridgehead atoms. The summed E-state index contributed by atoms with van der Waals surface area (Å²) in [6.45, 7) is 12.8. The Kier molecular flexibility index (Phi) is 15.7. The summed E-state index contributed by atoms with van der Waals surface area (Å²) in [5.41, 5.74) is 0.297. The van der Waals surface area contributed by atoms with Gasteiger partial charge in [0.05, 0.1) is 26.4 Å². The van der Waals surface area contributed by atoms with Gasteiger partial charge in [-0.05, 0) is 24.7 Å². The van der Waals surface area contributed by atoms with Crippen molar-refractivity contribution >= 4 is 12.1 Å². The molecule has 0 atom stereocenters. The Labute approximate surface area is 164 Å². The molecule has 0 aliphatic carbocycles. The summed E-state index contributed by atoms with van der Waals surface area (Å²) in [5, 5.41) is 11.1. The van der Waals surface area contributed by atoms with Crippen LogP contribution in [-0.2, 0) is 9.47 Å². The normalized spacial score (nSPS) is 11.1. The first-order valence-electron chi connectivity index (χ1n) is 10.0. The van der Waals surface area contributed by atoms with Crippen LogP contribution >= 0.6 is 0 Å². The van der Waals surface area contributed by atoms with Crippen LogP contribution in [0.5, 0.6) is 0 Å². The van der Waals surface area contributed by atoms with E-state index in [0.717, 1.165) is 25.7 Å². The largest absolute Gasteiger partial charge is 0.377 e. The van der Waals surface area contributed by atoms with Crippen molar-refractivity contribution in [3.8, 4) is 0 Å². The molecule has 0 unspecified atom stereocenters.